The van der Waals surface area contributed by atoms with Crippen LogP contribution in [0.2, 0.25) is 5.02 Å². The summed E-state index contributed by atoms with van der Waals surface area (Å²) in [6, 6.07) is 4.90. The zero-order valence-corrected chi connectivity index (χ0v) is 19.8. The van der Waals surface area contributed by atoms with Crippen LogP contribution in [-0.4, -0.2) is 59.3 Å². The molecule has 1 atom stereocenters. The number of carbonyl (C=O) groups excluding carboxylic acids is 1. The number of hydrogen-bond acceptors (Lipinski definition) is 6. The van der Waals surface area contributed by atoms with Gasteiger partial charge in [0.15, 0.2) is 5.13 Å². The number of benzene rings is 1. The highest BCUT2D eigenvalue weighted by atomic mass is 35.5. The van der Waals surface area contributed by atoms with E-state index in [1.54, 1.807) is 18.3 Å². The van der Waals surface area contributed by atoms with E-state index >= 15 is 0 Å². The molecule has 0 bridgehead atoms. The Kier molecular flexibility index (Phi) is 7.43. The maximum absolute atomic E-state index is 12.2. The molecule has 1 saturated heterocycles. The minimum absolute atomic E-state index is 0.169. The standard InChI is InChI=1S/C22H28ClN3O4S/c1-5-30-22(29)26-9-8-25(12-17(26)20(27)28)21-24-19(18(31-21)10-13(2)3)15-6-7-16(23)14(4)11-15/h6-7,11,13,17H,5,8-10,12H2,1-4H3,(H,27,28). The number of rotatable bonds is 6. The summed E-state index contributed by atoms with van der Waals surface area (Å²) in [7, 11) is 0. The third-order valence-corrected chi connectivity index (χ3v) is 6.71. The number of thiazole rings is 1. The Balaban J connectivity index is 1.92. The molecule has 1 aromatic carbocycles. The van der Waals surface area contributed by atoms with E-state index < -0.39 is 18.1 Å². The quantitative estimate of drug-likeness (QED) is 0.665. The van der Waals surface area contributed by atoms with Gasteiger partial charge in [0.1, 0.15) is 6.04 Å². The number of carboxylic acids is 1. The molecule has 1 unspecified atom stereocenters. The highest BCUT2D eigenvalue weighted by Gasteiger charge is 2.37. The molecule has 31 heavy (non-hydrogen) atoms. The highest BCUT2D eigenvalue weighted by Crippen LogP contribution is 2.36. The number of amides is 1. The molecule has 0 aliphatic carbocycles. The predicted octanol–water partition coefficient (Wildman–Crippen LogP) is 4.70. The zero-order chi connectivity index (χ0) is 22.7. The topological polar surface area (TPSA) is 83.0 Å². The summed E-state index contributed by atoms with van der Waals surface area (Å²) in [5, 5.41) is 11.2. The number of aromatic nitrogens is 1. The van der Waals surface area contributed by atoms with Crippen LogP contribution in [0.4, 0.5) is 9.93 Å². The second-order valence-electron chi connectivity index (χ2n) is 8.02. The van der Waals surface area contributed by atoms with Crippen molar-refractivity contribution < 1.29 is 19.4 Å². The molecule has 3 rings (SSSR count). The highest BCUT2D eigenvalue weighted by molar-refractivity contribution is 7.16. The average molecular weight is 466 g/mol. The van der Waals surface area contributed by atoms with Crippen LogP contribution in [0.15, 0.2) is 18.2 Å². The number of piperazine rings is 1. The van der Waals surface area contributed by atoms with Gasteiger partial charge in [-0.25, -0.2) is 14.6 Å². The van der Waals surface area contributed by atoms with Crippen molar-refractivity contribution in [3.63, 3.8) is 0 Å². The first-order valence-corrected chi connectivity index (χ1v) is 11.6. The van der Waals surface area contributed by atoms with E-state index in [1.807, 2.05) is 30.0 Å². The Labute approximate surface area is 191 Å². The predicted molar refractivity (Wildman–Crippen MR) is 123 cm³/mol. The van der Waals surface area contributed by atoms with E-state index in [2.05, 4.69) is 13.8 Å². The van der Waals surface area contributed by atoms with Crippen LogP contribution in [0.3, 0.4) is 0 Å². The van der Waals surface area contributed by atoms with Crippen LogP contribution < -0.4 is 4.90 Å². The lowest BCUT2D eigenvalue weighted by atomic mass is 10.0. The number of ether oxygens (including phenoxy) is 1. The summed E-state index contributed by atoms with van der Waals surface area (Å²) in [6.45, 7) is 9.13. The van der Waals surface area contributed by atoms with E-state index in [0.29, 0.717) is 17.5 Å². The van der Waals surface area contributed by atoms with E-state index in [-0.39, 0.29) is 19.7 Å². The summed E-state index contributed by atoms with van der Waals surface area (Å²) < 4.78 is 5.03. The normalized spacial score (nSPS) is 16.6. The monoisotopic (exact) mass is 465 g/mol. The number of hydrogen-bond donors (Lipinski definition) is 1. The average Bonchev–Trinajstić information content (AvgIpc) is 3.12. The molecule has 0 radical (unpaired) electrons. The van der Waals surface area contributed by atoms with E-state index in [4.69, 9.17) is 21.3 Å². The fraction of sp³-hybridized carbons (Fsp3) is 0.500. The van der Waals surface area contributed by atoms with E-state index in [9.17, 15) is 14.7 Å². The molecule has 2 heterocycles. The summed E-state index contributed by atoms with van der Waals surface area (Å²) >= 11 is 7.79. The minimum Gasteiger partial charge on any atom is -0.480 e. The molecule has 1 aromatic heterocycles. The summed E-state index contributed by atoms with van der Waals surface area (Å²) in [6.07, 6.45) is 0.284. The van der Waals surface area contributed by atoms with Crippen molar-refractivity contribution in [2.24, 2.45) is 5.92 Å². The van der Waals surface area contributed by atoms with Gasteiger partial charge in [-0.05, 0) is 43.9 Å². The fourth-order valence-electron chi connectivity index (χ4n) is 3.59. The minimum atomic E-state index is -1.05. The van der Waals surface area contributed by atoms with Crippen molar-refractivity contribution >= 4 is 40.1 Å². The number of aliphatic carboxylic acids is 1. The van der Waals surface area contributed by atoms with Gasteiger partial charge in [-0.3, -0.25) is 4.90 Å². The molecule has 1 fully saturated rings. The second kappa shape index (κ2) is 9.87. The Hall–Kier alpha value is -2.32. The summed E-state index contributed by atoms with van der Waals surface area (Å²) in [5.41, 5.74) is 2.89. The van der Waals surface area contributed by atoms with Crippen LogP contribution in [0.5, 0.6) is 0 Å². The molecule has 9 heteroatoms. The van der Waals surface area contributed by atoms with Crippen molar-refractivity contribution in [3.8, 4) is 11.3 Å². The first kappa shape index (κ1) is 23.3. The molecule has 2 aromatic rings. The molecular formula is C22H28ClN3O4S. The van der Waals surface area contributed by atoms with Crippen molar-refractivity contribution in [2.45, 2.75) is 40.2 Å². The first-order valence-electron chi connectivity index (χ1n) is 10.4. The number of carboxylic acid groups (broad SMARTS) is 1. The maximum atomic E-state index is 12.2. The Morgan fingerprint density at radius 1 is 1.35 bits per heavy atom. The van der Waals surface area contributed by atoms with Gasteiger partial charge in [0.05, 0.1) is 18.8 Å². The van der Waals surface area contributed by atoms with Crippen molar-refractivity contribution in [3.05, 3.63) is 33.7 Å². The number of carbonyl (C=O) groups is 2. The molecule has 7 nitrogen and oxygen atoms in total. The van der Waals surface area contributed by atoms with Crippen LogP contribution in [0, 0.1) is 12.8 Å². The SMILES string of the molecule is CCOC(=O)N1CCN(c2nc(-c3ccc(Cl)c(C)c3)c(CC(C)C)s2)CC1C(=O)O. The summed E-state index contributed by atoms with van der Waals surface area (Å²) in [5.74, 6) is -0.599. The molecule has 1 amide bonds. The second-order valence-corrected chi connectivity index (χ2v) is 9.49. The number of aryl methyl sites for hydroxylation is 1. The largest absolute Gasteiger partial charge is 0.480 e. The third-order valence-electron chi connectivity index (χ3n) is 5.15. The number of nitrogens with zero attached hydrogens (tertiary/aromatic N) is 3. The van der Waals surface area contributed by atoms with Crippen molar-refractivity contribution in [1.29, 1.82) is 0 Å². The lowest BCUT2D eigenvalue weighted by molar-refractivity contribution is -0.142. The molecule has 0 spiro atoms. The first-order chi connectivity index (χ1) is 14.7. The Morgan fingerprint density at radius 3 is 2.71 bits per heavy atom. The van der Waals surface area contributed by atoms with Crippen LogP contribution in [0.25, 0.3) is 11.3 Å². The Morgan fingerprint density at radius 2 is 2.10 bits per heavy atom. The lowest BCUT2D eigenvalue weighted by Gasteiger charge is -2.38. The van der Waals surface area contributed by atoms with E-state index in [0.717, 1.165) is 33.3 Å². The Bertz CT molecular complexity index is 962. The third kappa shape index (κ3) is 5.30. The van der Waals surface area contributed by atoms with Gasteiger partial charge in [0.2, 0.25) is 0 Å². The van der Waals surface area contributed by atoms with Crippen LogP contribution in [-0.2, 0) is 16.0 Å². The van der Waals surface area contributed by atoms with Crippen LogP contribution in [0.1, 0.15) is 31.2 Å². The molecule has 1 N–H and O–H groups in total. The smallest absolute Gasteiger partial charge is 0.410 e. The summed E-state index contributed by atoms with van der Waals surface area (Å²) in [4.78, 5) is 33.3. The maximum Gasteiger partial charge on any atom is 0.410 e. The fourth-order valence-corrected chi connectivity index (χ4v) is 5.04. The zero-order valence-electron chi connectivity index (χ0n) is 18.2. The van der Waals surface area contributed by atoms with Gasteiger partial charge in [-0.15, -0.1) is 11.3 Å². The van der Waals surface area contributed by atoms with Crippen molar-refractivity contribution in [1.82, 2.24) is 9.88 Å². The number of anilines is 1. The van der Waals surface area contributed by atoms with Gasteiger partial charge in [-0.2, -0.15) is 0 Å². The van der Waals surface area contributed by atoms with Gasteiger partial charge >= 0.3 is 12.1 Å². The van der Waals surface area contributed by atoms with Crippen LogP contribution >= 0.6 is 22.9 Å². The van der Waals surface area contributed by atoms with Gasteiger partial charge in [-0.1, -0.05) is 31.5 Å². The molecule has 0 saturated carbocycles. The molecule has 1 aliphatic rings. The van der Waals surface area contributed by atoms with Gasteiger partial charge in [0, 0.05) is 28.6 Å². The van der Waals surface area contributed by atoms with Crippen molar-refractivity contribution in [2.75, 3.05) is 31.1 Å². The van der Waals surface area contributed by atoms with Gasteiger partial charge in [0.25, 0.3) is 0 Å². The lowest BCUT2D eigenvalue weighted by Crippen LogP contribution is -2.58. The van der Waals surface area contributed by atoms with E-state index in [1.165, 1.54) is 4.90 Å². The molecule has 1 aliphatic heterocycles. The van der Waals surface area contributed by atoms with Gasteiger partial charge < -0.3 is 14.7 Å². The molecule has 168 valence electrons. The molecular weight excluding hydrogens is 438 g/mol. The number of halogens is 1.